The third-order valence-electron chi connectivity index (χ3n) is 5.09. The molecule has 2 aromatic carbocycles. The van der Waals surface area contributed by atoms with Crippen LogP contribution < -0.4 is 10.2 Å². The molecule has 25 heavy (non-hydrogen) atoms. The van der Waals surface area contributed by atoms with Gasteiger partial charge in [0, 0.05) is 37.9 Å². The van der Waals surface area contributed by atoms with Crippen molar-refractivity contribution in [3.05, 3.63) is 66.2 Å². The predicted octanol–water partition coefficient (Wildman–Crippen LogP) is 2.83. The molecule has 1 heterocycles. The molecule has 2 aliphatic rings. The highest BCUT2D eigenvalue weighted by molar-refractivity contribution is 5.83. The van der Waals surface area contributed by atoms with Crippen LogP contribution in [0.2, 0.25) is 0 Å². The van der Waals surface area contributed by atoms with Crippen LogP contribution >= 0.6 is 0 Å². The molecule has 1 saturated carbocycles. The van der Waals surface area contributed by atoms with E-state index in [9.17, 15) is 4.79 Å². The molecule has 4 rings (SSSR count). The molecule has 1 aliphatic carbocycles. The molecule has 0 bridgehead atoms. The Morgan fingerprint density at radius 2 is 1.48 bits per heavy atom. The summed E-state index contributed by atoms with van der Waals surface area (Å²) < 4.78 is 0. The summed E-state index contributed by atoms with van der Waals surface area (Å²) in [7, 11) is 0. The van der Waals surface area contributed by atoms with E-state index in [0.717, 1.165) is 44.6 Å². The second-order valence-corrected chi connectivity index (χ2v) is 6.95. The highest BCUT2D eigenvalue weighted by Gasteiger charge is 2.33. The van der Waals surface area contributed by atoms with Crippen LogP contribution in [0.15, 0.2) is 60.7 Å². The molecule has 4 nitrogen and oxygen atoms in total. The molecule has 0 spiro atoms. The van der Waals surface area contributed by atoms with E-state index in [1.165, 1.54) is 5.69 Å². The molecule has 4 heteroatoms. The van der Waals surface area contributed by atoms with Gasteiger partial charge in [-0.25, -0.2) is 0 Å². The number of carbonyl (C=O) groups is 1. The molecule has 1 aliphatic heterocycles. The fourth-order valence-electron chi connectivity index (χ4n) is 3.55. The first-order valence-corrected chi connectivity index (χ1v) is 9.20. The van der Waals surface area contributed by atoms with Gasteiger partial charge in [0.15, 0.2) is 0 Å². The molecule has 0 unspecified atom stereocenters. The first kappa shape index (κ1) is 16.2. The van der Waals surface area contributed by atoms with Crippen molar-refractivity contribution in [2.75, 3.05) is 31.1 Å². The van der Waals surface area contributed by atoms with Gasteiger partial charge in [0.25, 0.3) is 0 Å². The predicted molar refractivity (Wildman–Crippen MR) is 101 cm³/mol. The molecule has 0 aromatic heterocycles. The molecule has 2 aromatic rings. The topological polar surface area (TPSA) is 35.6 Å². The van der Waals surface area contributed by atoms with Crippen LogP contribution in [0.3, 0.4) is 0 Å². The van der Waals surface area contributed by atoms with E-state index in [0.29, 0.717) is 6.04 Å². The average molecular weight is 335 g/mol. The Balaban J connectivity index is 1.47. The van der Waals surface area contributed by atoms with Crippen molar-refractivity contribution in [1.82, 2.24) is 10.2 Å². The summed E-state index contributed by atoms with van der Waals surface area (Å²) in [5.74, 6) is 0.155. The van der Waals surface area contributed by atoms with E-state index < -0.39 is 0 Å². The lowest BCUT2D eigenvalue weighted by atomic mass is 10.0. The van der Waals surface area contributed by atoms with E-state index in [-0.39, 0.29) is 11.9 Å². The third-order valence-corrected chi connectivity index (χ3v) is 5.09. The van der Waals surface area contributed by atoms with Crippen LogP contribution in [0.5, 0.6) is 0 Å². The van der Waals surface area contributed by atoms with Crippen molar-refractivity contribution in [3.8, 4) is 0 Å². The number of amides is 1. The van der Waals surface area contributed by atoms with Crippen LogP contribution in [-0.2, 0) is 4.79 Å². The van der Waals surface area contributed by atoms with Gasteiger partial charge in [-0.3, -0.25) is 9.69 Å². The summed E-state index contributed by atoms with van der Waals surface area (Å²) in [6.07, 6.45) is 2.24. The van der Waals surface area contributed by atoms with Crippen molar-refractivity contribution >= 4 is 11.6 Å². The van der Waals surface area contributed by atoms with Gasteiger partial charge in [0.1, 0.15) is 6.04 Å². The second kappa shape index (κ2) is 7.28. The Morgan fingerprint density at radius 1 is 0.880 bits per heavy atom. The first-order valence-electron chi connectivity index (χ1n) is 9.20. The number of piperazine rings is 1. The fraction of sp³-hybridized carbons (Fsp3) is 0.381. The number of benzene rings is 2. The summed E-state index contributed by atoms with van der Waals surface area (Å²) in [5.41, 5.74) is 2.36. The molecule has 1 amide bonds. The number of hydrogen-bond donors (Lipinski definition) is 1. The average Bonchev–Trinajstić information content (AvgIpc) is 3.48. The molecule has 130 valence electrons. The molecule has 1 saturated heterocycles. The Hall–Kier alpha value is -2.33. The standard InChI is InChI=1S/C21H25N3O/c25-21(22-18-11-12-18)20(17-7-3-1-4-8-17)24-15-13-23(14-16-24)19-9-5-2-6-10-19/h1-10,18,20H,11-16H2,(H,22,25)/t20-/m1/s1. The number of para-hydroxylation sites is 1. The van der Waals surface area contributed by atoms with Crippen molar-refractivity contribution < 1.29 is 4.79 Å². The van der Waals surface area contributed by atoms with Crippen LogP contribution in [0.4, 0.5) is 5.69 Å². The zero-order valence-electron chi connectivity index (χ0n) is 14.5. The summed E-state index contributed by atoms with van der Waals surface area (Å²) in [4.78, 5) is 17.6. The van der Waals surface area contributed by atoms with Gasteiger partial charge in [-0.2, -0.15) is 0 Å². The number of hydrogen-bond acceptors (Lipinski definition) is 3. The van der Waals surface area contributed by atoms with Gasteiger partial charge in [0.2, 0.25) is 5.91 Å². The summed E-state index contributed by atoms with van der Waals surface area (Å²) in [6.45, 7) is 3.69. The Morgan fingerprint density at radius 3 is 2.08 bits per heavy atom. The fourth-order valence-corrected chi connectivity index (χ4v) is 3.55. The summed E-state index contributed by atoms with van der Waals surface area (Å²) in [5, 5.41) is 3.20. The molecular weight excluding hydrogens is 310 g/mol. The third kappa shape index (κ3) is 3.85. The van der Waals surface area contributed by atoms with E-state index in [2.05, 4.69) is 51.5 Å². The smallest absolute Gasteiger partial charge is 0.242 e. The zero-order chi connectivity index (χ0) is 17.1. The van der Waals surface area contributed by atoms with Crippen LogP contribution in [-0.4, -0.2) is 43.0 Å². The van der Waals surface area contributed by atoms with Gasteiger partial charge in [-0.1, -0.05) is 48.5 Å². The lowest BCUT2D eigenvalue weighted by Crippen LogP contribution is -2.51. The van der Waals surface area contributed by atoms with Gasteiger partial charge in [-0.05, 0) is 30.5 Å². The van der Waals surface area contributed by atoms with Crippen molar-refractivity contribution in [2.45, 2.75) is 24.9 Å². The zero-order valence-corrected chi connectivity index (χ0v) is 14.5. The highest BCUT2D eigenvalue weighted by Crippen LogP contribution is 2.27. The Bertz CT molecular complexity index is 692. The second-order valence-electron chi connectivity index (χ2n) is 6.95. The maximum atomic E-state index is 12.9. The maximum Gasteiger partial charge on any atom is 0.242 e. The number of carbonyl (C=O) groups excluding carboxylic acids is 1. The minimum absolute atomic E-state index is 0.155. The minimum Gasteiger partial charge on any atom is -0.369 e. The SMILES string of the molecule is O=C(NC1CC1)[C@@H](c1ccccc1)N1CCN(c2ccccc2)CC1. The van der Waals surface area contributed by atoms with Crippen LogP contribution in [0.25, 0.3) is 0 Å². The van der Waals surface area contributed by atoms with Gasteiger partial charge >= 0.3 is 0 Å². The summed E-state index contributed by atoms with van der Waals surface area (Å²) in [6, 6.07) is 20.9. The Labute approximate surface area is 149 Å². The lowest BCUT2D eigenvalue weighted by molar-refractivity contribution is -0.127. The highest BCUT2D eigenvalue weighted by atomic mass is 16.2. The van der Waals surface area contributed by atoms with Crippen molar-refractivity contribution in [1.29, 1.82) is 0 Å². The van der Waals surface area contributed by atoms with E-state index in [4.69, 9.17) is 0 Å². The summed E-state index contributed by atoms with van der Waals surface area (Å²) >= 11 is 0. The van der Waals surface area contributed by atoms with Crippen molar-refractivity contribution in [2.24, 2.45) is 0 Å². The van der Waals surface area contributed by atoms with Crippen LogP contribution in [0, 0.1) is 0 Å². The molecular formula is C21H25N3O. The molecule has 1 N–H and O–H groups in total. The Kier molecular flexibility index (Phi) is 4.70. The van der Waals surface area contributed by atoms with E-state index in [1.54, 1.807) is 0 Å². The van der Waals surface area contributed by atoms with E-state index in [1.807, 2.05) is 24.3 Å². The first-order chi connectivity index (χ1) is 12.3. The molecule has 0 radical (unpaired) electrons. The number of nitrogens with zero attached hydrogens (tertiary/aromatic N) is 2. The van der Waals surface area contributed by atoms with Gasteiger partial charge < -0.3 is 10.2 Å². The molecule has 1 atom stereocenters. The molecule has 2 fully saturated rings. The number of rotatable bonds is 5. The quantitative estimate of drug-likeness (QED) is 0.913. The maximum absolute atomic E-state index is 12.9. The van der Waals surface area contributed by atoms with Gasteiger partial charge in [-0.15, -0.1) is 0 Å². The van der Waals surface area contributed by atoms with Gasteiger partial charge in [0.05, 0.1) is 0 Å². The monoisotopic (exact) mass is 335 g/mol. The lowest BCUT2D eigenvalue weighted by Gasteiger charge is -2.39. The van der Waals surface area contributed by atoms with Crippen molar-refractivity contribution in [3.63, 3.8) is 0 Å². The van der Waals surface area contributed by atoms with E-state index >= 15 is 0 Å². The normalized spacial score (nSPS) is 19.4. The minimum atomic E-state index is -0.181. The largest absolute Gasteiger partial charge is 0.369 e. The number of nitrogens with one attached hydrogen (secondary N) is 1. The number of anilines is 1. The van der Waals surface area contributed by atoms with Crippen LogP contribution in [0.1, 0.15) is 24.4 Å².